The normalized spacial score (nSPS) is 11.7. The maximum absolute atomic E-state index is 11.9. The Balaban J connectivity index is 1.96. The summed E-state index contributed by atoms with van der Waals surface area (Å²) in [4.78, 5) is 15.1. The summed E-state index contributed by atoms with van der Waals surface area (Å²) in [5.74, 6) is -0.00785. The van der Waals surface area contributed by atoms with E-state index in [0.717, 1.165) is 31.2 Å². The largest absolute Gasteiger partial charge is 0.352 e. The predicted octanol–water partition coefficient (Wildman–Crippen LogP) is 4.18. The zero-order chi connectivity index (χ0) is 17.6. The molecule has 1 aromatic rings. The van der Waals surface area contributed by atoms with Crippen molar-refractivity contribution in [2.45, 2.75) is 32.6 Å². The highest BCUT2D eigenvalue weighted by atomic mass is 31.2. The minimum absolute atomic E-state index is 0.00785. The molecule has 0 spiro atoms. The van der Waals surface area contributed by atoms with Gasteiger partial charge in [0.15, 0.2) is 8.38 Å². The summed E-state index contributed by atoms with van der Waals surface area (Å²) in [5, 5.41) is 2.95. The van der Waals surface area contributed by atoms with E-state index in [1.807, 2.05) is 37.9 Å². The minimum atomic E-state index is -0.857. The van der Waals surface area contributed by atoms with Gasteiger partial charge in [-0.05, 0) is 31.9 Å². The second kappa shape index (κ2) is 12.9. The molecule has 1 rings (SSSR count). The van der Waals surface area contributed by atoms with Crippen molar-refractivity contribution in [3.05, 3.63) is 46.8 Å². The molecule has 0 saturated carbocycles. The predicted molar refractivity (Wildman–Crippen MR) is 98.2 cm³/mol. The van der Waals surface area contributed by atoms with Crippen molar-refractivity contribution >= 4 is 14.3 Å². The fourth-order valence-electron chi connectivity index (χ4n) is 2.03. The van der Waals surface area contributed by atoms with Crippen LogP contribution in [0.25, 0.3) is 4.85 Å². The summed E-state index contributed by atoms with van der Waals surface area (Å²) >= 11 is 0. The maximum Gasteiger partial charge on any atom is 0.251 e. The third-order valence-electron chi connectivity index (χ3n) is 3.42. The number of unbranched alkanes of at least 4 members (excludes halogenated alkanes) is 3. The van der Waals surface area contributed by atoms with Gasteiger partial charge < -0.3 is 19.2 Å². The number of hydrogen-bond donors (Lipinski definition) is 1. The zero-order valence-corrected chi connectivity index (χ0v) is 15.5. The van der Waals surface area contributed by atoms with Crippen molar-refractivity contribution in [2.75, 3.05) is 33.0 Å². The summed E-state index contributed by atoms with van der Waals surface area (Å²) in [7, 11) is -0.857. The summed E-state index contributed by atoms with van der Waals surface area (Å²) < 4.78 is 11.0. The van der Waals surface area contributed by atoms with Crippen molar-refractivity contribution < 1.29 is 13.8 Å². The molecule has 0 aliphatic carbocycles. The first-order chi connectivity index (χ1) is 11.6. The Labute approximate surface area is 146 Å². The van der Waals surface area contributed by atoms with Crippen LogP contribution in [-0.4, -0.2) is 38.9 Å². The Bertz CT molecular complexity index is 514. The smallest absolute Gasteiger partial charge is 0.251 e. The van der Waals surface area contributed by atoms with E-state index in [1.54, 1.807) is 0 Å². The van der Waals surface area contributed by atoms with Gasteiger partial charge in [0.25, 0.3) is 5.91 Å². The van der Waals surface area contributed by atoms with E-state index in [0.29, 0.717) is 31.9 Å². The van der Waals surface area contributed by atoms with Gasteiger partial charge in [-0.2, -0.15) is 0 Å². The first kappa shape index (κ1) is 20.6. The number of amides is 1. The van der Waals surface area contributed by atoms with Crippen LogP contribution >= 0.6 is 8.38 Å². The van der Waals surface area contributed by atoms with Crippen LogP contribution in [0.4, 0.5) is 0 Å². The summed E-state index contributed by atoms with van der Waals surface area (Å²) in [6, 6.07) is 7.60. The highest BCUT2D eigenvalue weighted by Gasteiger charge is 2.04. The van der Waals surface area contributed by atoms with Gasteiger partial charge in [-0.25, -0.2) is 6.57 Å². The Kier molecular flexibility index (Phi) is 11.1. The topological polar surface area (TPSA) is 51.9 Å². The second-order valence-electron chi connectivity index (χ2n) is 5.52. The van der Waals surface area contributed by atoms with Crippen LogP contribution in [0, 0.1) is 13.5 Å². The van der Waals surface area contributed by atoms with Crippen LogP contribution in [0.5, 0.6) is 0 Å². The molecule has 1 aromatic carbocycles. The van der Waals surface area contributed by atoms with Crippen LogP contribution in [0.1, 0.15) is 41.6 Å². The Morgan fingerprint density at radius 3 is 2.50 bits per heavy atom. The molecule has 5 nitrogen and oxygen atoms in total. The number of carbonyl (C=O) groups is 1. The Morgan fingerprint density at radius 2 is 1.79 bits per heavy atom. The van der Waals surface area contributed by atoms with E-state index in [9.17, 15) is 4.79 Å². The number of carbonyl (C=O) groups excluding carboxylic acids is 1. The summed E-state index contributed by atoms with van der Waals surface area (Å²) in [5.41, 5.74) is 1.87. The van der Waals surface area contributed by atoms with E-state index in [2.05, 4.69) is 10.2 Å². The first-order valence-corrected chi connectivity index (χ1v) is 9.93. The van der Waals surface area contributed by atoms with E-state index in [-0.39, 0.29) is 5.91 Å². The Morgan fingerprint density at radius 1 is 1.12 bits per heavy atom. The number of aryl methyl sites for hydroxylation is 1. The quantitative estimate of drug-likeness (QED) is 0.349. The molecule has 0 heterocycles. The molecular weight excluding hydrogens is 323 g/mol. The van der Waals surface area contributed by atoms with E-state index in [1.165, 1.54) is 0 Å². The molecule has 1 N–H and O–H groups in total. The third-order valence-corrected chi connectivity index (χ3v) is 4.51. The number of nitrogens with one attached hydrogen (secondary N) is 1. The van der Waals surface area contributed by atoms with Gasteiger partial charge in [-0.3, -0.25) is 4.79 Å². The zero-order valence-electron chi connectivity index (χ0n) is 14.6. The van der Waals surface area contributed by atoms with Gasteiger partial charge >= 0.3 is 0 Å². The van der Waals surface area contributed by atoms with Gasteiger partial charge in [0, 0.05) is 18.8 Å². The molecule has 24 heavy (non-hydrogen) atoms. The fourth-order valence-corrected chi connectivity index (χ4v) is 2.83. The fraction of sp³-hybridized carbons (Fsp3) is 0.556. The van der Waals surface area contributed by atoms with Crippen molar-refractivity contribution in [1.82, 2.24) is 5.32 Å². The highest BCUT2D eigenvalue weighted by molar-refractivity contribution is 7.46. The van der Waals surface area contributed by atoms with Crippen molar-refractivity contribution in [1.29, 1.82) is 0 Å². The molecule has 0 saturated heterocycles. The molecule has 0 aromatic heterocycles. The van der Waals surface area contributed by atoms with Crippen molar-refractivity contribution in [3.63, 3.8) is 0 Å². The number of hydrogen-bond acceptors (Lipinski definition) is 3. The lowest BCUT2D eigenvalue weighted by Crippen LogP contribution is -2.24. The molecule has 0 fully saturated rings. The van der Waals surface area contributed by atoms with Gasteiger partial charge in [0.05, 0.1) is 6.61 Å². The molecule has 1 atom stereocenters. The lowest BCUT2D eigenvalue weighted by atomic mass is 10.1. The second-order valence-corrected chi connectivity index (χ2v) is 6.92. The molecule has 0 aliphatic heterocycles. The van der Waals surface area contributed by atoms with Crippen LogP contribution in [0.15, 0.2) is 24.3 Å². The molecule has 0 bridgehead atoms. The standard InChI is InChI=1S/C18H27N2O3P/c1-16-8-10-17(11-9-16)18(21)20-12-6-4-5-7-14-22-24(3)23-15-13-19-2/h8-11H,4-7,12-15H2,1,3H3,(H,20,21). The third kappa shape index (κ3) is 9.62. The number of nitrogens with zero attached hydrogens (tertiary/aromatic N) is 1. The molecule has 1 unspecified atom stereocenters. The lowest BCUT2D eigenvalue weighted by Gasteiger charge is -2.11. The molecule has 132 valence electrons. The van der Waals surface area contributed by atoms with Gasteiger partial charge in [-0.1, -0.05) is 30.5 Å². The average Bonchev–Trinajstić information content (AvgIpc) is 2.58. The first-order valence-electron chi connectivity index (χ1n) is 8.31. The molecule has 1 amide bonds. The number of benzene rings is 1. The molecule has 6 heteroatoms. The average molecular weight is 350 g/mol. The molecular formula is C18H27N2O3P. The van der Waals surface area contributed by atoms with Gasteiger partial charge in [0.2, 0.25) is 6.54 Å². The van der Waals surface area contributed by atoms with E-state index < -0.39 is 8.38 Å². The summed E-state index contributed by atoms with van der Waals surface area (Å²) in [6.45, 7) is 12.8. The van der Waals surface area contributed by atoms with Crippen LogP contribution in [-0.2, 0) is 9.05 Å². The van der Waals surface area contributed by atoms with Crippen molar-refractivity contribution in [3.8, 4) is 0 Å². The highest BCUT2D eigenvalue weighted by Crippen LogP contribution is 2.33. The van der Waals surface area contributed by atoms with Crippen LogP contribution in [0.2, 0.25) is 0 Å². The minimum Gasteiger partial charge on any atom is -0.352 e. The van der Waals surface area contributed by atoms with Crippen molar-refractivity contribution in [2.24, 2.45) is 0 Å². The molecule has 0 radical (unpaired) electrons. The van der Waals surface area contributed by atoms with E-state index in [4.69, 9.17) is 15.6 Å². The van der Waals surface area contributed by atoms with Gasteiger partial charge in [-0.15, -0.1) is 0 Å². The van der Waals surface area contributed by atoms with Crippen LogP contribution < -0.4 is 5.32 Å². The Hall–Kier alpha value is -1.47. The van der Waals surface area contributed by atoms with Crippen LogP contribution in [0.3, 0.4) is 0 Å². The lowest BCUT2D eigenvalue weighted by molar-refractivity contribution is 0.0953. The number of rotatable bonds is 12. The maximum atomic E-state index is 11.9. The SMILES string of the molecule is [C-]#[N+]CCOP(C)OCCCCCCNC(=O)c1ccc(C)cc1. The summed E-state index contributed by atoms with van der Waals surface area (Å²) in [6.07, 6.45) is 4.11. The van der Waals surface area contributed by atoms with E-state index >= 15 is 0 Å². The molecule has 0 aliphatic rings. The monoisotopic (exact) mass is 350 g/mol. The van der Waals surface area contributed by atoms with Gasteiger partial charge in [0.1, 0.15) is 6.61 Å².